The lowest BCUT2D eigenvalue weighted by molar-refractivity contribution is -0.119. The van der Waals surface area contributed by atoms with Gasteiger partial charge >= 0.3 is 0 Å². The maximum absolute atomic E-state index is 12.0. The standard InChI is InChI=1S/C20H22N2O3/c1-14(2)20(24)22-17-9-7-16(8-10-17)21-19(23)13-6-15-4-11-18(25-3)12-5-15/h4-14H,1-3H3,(H,21,23)(H,22,24)/b13-6+. The largest absolute Gasteiger partial charge is 0.497 e. The molecule has 2 aromatic rings. The number of benzene rings is 2. The van der Waals surface area contributed by atoms with E-state index >= 15 is 0 Å². The van der Waals surface area contributed by atoms with E-state index in [1.165, 1.54) is 6.08 Å². The van der Waals surface area contributed by atoms with Gasteiger partial charge in [0.1, 0.15) is 5.75 Å². The second-order valence-electron chi connectivity index (χ2n) is 5.82. The number of nitrogens with one attached hydrogen (secondary N) is 2. The summed E-state index contributed by atoms with van der Waals surface area (Å²) in [6, 6.07) is 14.4. The first-order valence-corrected chi connectivity index (χ1v) is 8.02. The number of carbonyl (C=O) groups excluding carboxylic acids is 2. The highest BCUT2D eigenvalue weighted by atomic mass is 16.5. The monoisotopic (exact) mass is 338 g/mol. The van der Waals surface area contributed by atoms with Crippen molar-refractivity contribution < 1.29 is 14.3 Å². The van der Waals surface area contributed by atoms with Gasteiger partial charge in [0.2, 0.25) is 11.8 Å². The van der Waals surface area contributed by atoms with E-state index in [9.17, 15) is 9.59 Å². The van der Waals surface area contributed by atoms with Crippen LogP contribution in [0, 0.1) is 5.92 Å². The summed E-state index contributed by atoms with van der Waals surface area (Å²) in [5, 5.41) is 5.58. The Morgan fingerprint density at radius 1 is 0.920 bits per heavy atom. The van der Waals surface area contributed by atoms with Crippen molar-refractivity contribution in [1.82, 2.24) is 0 Å². The Labute approximate surface area is 147 Å². The van der Waals surface area contributed by atoms with E-state index in [4.69, 9.17) is 4.74 Å². The summed E-state index contributed by atoms with van der Waals surface area (Å²) in [4.78, 5) is 23.6. The molecule has 0 aliphatic heterocycles. The predicted molar refractivity (Wildman–Crippen MR) is 101 cm³/mol. The van der Waals surface area contributed by atoms with E-state index in [0.717, 1.165) is 11.3 Å². The van der Waals surface area contributed by atoms with Crippen molar-refractivity contribution in [1.29, 1.82) is 0 Å². The second-order valence-corrected chi connectivity index (χ2v) is 5.82. The lowest BCUT2D eigenvalue weighted by Gasteiger charge is -2.08. The molecule has 0 radical (unpaired) electrons. The summed E-state index contributed by atoms with van der Waals surface area (Å²) >= 11 is 0. The predicted octanol–water partition coefficient (Wildman–Crippen LogP) is 3.94. The van der Waals surface area contributed by atoms with E-state index in [1.807, 2.05) is 38.1 Å². The third-order valence-electron chi connectivity index (χ3n) is 3.49. The molecule has 2 amide bonds. The number of hydrogen-bond acceptors (Lipinski definition) is 3. The Hall–Kier alpha value is -3.08. The molecule has 2 aromatic carbocycles. The molecule has 0 bridgehead atoms. The molecule has 0 aromatic heterocycles. The summed E-state index contributed by atoms with van der Waals surface area (Å²) in [5.41, 5.74) is 2.26. The minimum atomic E-state index is -0.227. The summed E-state index contributed by atoms with van der Waals surface area (Å²) in [7, 11) is 1.61. The van der Waals surface area contributed by atoms with Gasteiger partial charge in [-0.25, -0.2) is 0 Å². The average molecular weight is 338 g/mol. The fourth-order valence-electron chi connectivity index (χ4n) is 1.99. The van der Waals surface area contributed by atoms with Crippen LogP contribution < -0.4 is 15.4 Å². The number of hydrogen-bond donors (Lipinski definition) is 2. The molecule has 0 aliphatic carbocycles. The Morgan fingerprint density at radius 3 is 2.00 bits per heavy atom. The molecule has 0 saturated carbocycles. The highest BCUT2D eigenvalue weighted by Crippen LogP contribution is 2.15. The Morgan fingerprint density at radius 2 is 1.48 bits per heavy atom. The van der Waals surface area contributed by atoms with E-state index in [-0.39, 0.29) is 17.7 Å². The fourth-order valence-corrected chi connectivity index (χ4v) is 1.99. The van der Waals surface area contributed by atoms with E-state index in [1.54, 1.807) is 37.5 Å². The highest BCUT2D eigenvalue weighted by Gasteiger charge is 2.06. The zero-order valence-electron chi connectivity index (χ0n) is 14.6. The van der Waals surface area contributed by atoms with Gasteiger partial charge in [0.15, 0.2) is 0 Å². The van der Waals surface area contributed by atoms with Gasteiger partial charge in [0.05, 0.1) is 7.11 Å². The molecule has 130 valence electrons. The van der Waals surface area contributed by atoms with Crippen LogP contribution in [0.4, 0.5) is 11.4 Å². The molecule has 25 heavy (non-hydrogen) atoms. The van der Waals surface area contributed by atoms with Gasteiger partial charge in [0, 0.05) is 23.4 Å². The van der Waals surface area contributed by atoms with Crippen molar-refractivity contribution in [2.45, 2.75) is 13.8 Å². The van der Waals surface area contributed by atoms with E-state index < -0.39 is 0 Å². The zero-order chi connectivity index (χ0) is 18.2. The van der Waals surface area contributed by atoms with Crippen LogP contribution >= 0.6 is 0 Å². The summed E-state index contributed by atoms with van der Waals surface area (Å²) in [6.07, 6.45) is 3.20. The number of amides is 2. The fraction of sp³-hybridized carbons (Fsp3) is 0.200. The van der Waals surface area contributed by atoms with Gasteiger partial charge in [-0.05, 0) is 48.0 Å². The molecule has 0 fully saturated rings. The summed E-state index contributed by atoms with van der Waals surface area (Å²) in [5.74, 6) is 0.419. The van der Waals surface area contributed by atoms with E-state index in [0.29, 0.717) is 11.4 Å². The number of carbonyl (C=O) groups is 2. The lowest BCUT2D eigenvalue weighted by atomic mass is 10.2. The van der Waals surface area contributed by atoms with Crippen molar-refractivity contribution in [3.8, 4) is 5.75 Å². The van der Waals surface area contributed by atoms with Crippen LogP contribution in [0.3, 0.4) is 0 Å². The molecule has 0 atom stereocenters. The van der Waals surface area contributed by atoms with Gasteiger partial charge in [-0.3, -0.25) is 9.59 Å². The SMILES string of the molecule is COc1ccc(/C=C/C(=O)Nc2ccc(NC(=O)C(C)C)cc2)cc1. The molecule has 0 spiro atoms. The molecule has 5 nitrogen and oxygen atoms in total. The Bertz CT molecular complexity index is 748. The van der Waals surface area contributed by atoms with E-state index in [2.05, 4.69) is 10.6 Å². The minimum absolute atomic E-state index is 0.0424. The van der Waals surface area contributed by atoms with Crippen LogP contribution in [-0.2, 0) is 9.59 Å². The molecule has 0 heterocycles. The maximum atomic E-state index is 12.0. The maximum Gasteiger partial charge on any atom is 0.248 e. The quantitative estimate of drug-likeness (QED) is 0.784. The lowest BCUT2D eigenvalue weighted by Crippen LogP contribution is -2.17. The topological polar surface area (TPSA) is 67.4 Å². The van der Waals surface area contributed by atoms with Crippen LogP contribution in [0.25, 0.3) is 6.08 Å². The molecule has 0 saturated heterocycles. The number of rotatable bonds is 6. The third-order valence-corrected chi connectivity index (χ3v) is 3.49. The molecular weight excluding hydrogens is 316 g/mol. The van der Waals surface area contributed by atoms with Gasteiger partial charge in [-0.2, -0.15) is 0 Å². The average Bonchev–Trinajstić information content (AvgIpc) is 2.62. The van der Waals surface area contributed by atoms with Crippen LogP contribution in [0.15, 0.2) is 54.6 Å². The van der Waals surface area contributed by atoms with Crippen molar-refractivity contribution in [2.75, 3.05) is 17.7 Å². The Balaban J connectivity index is 1.91. The minimum Gasteiger partial charge on any atom is -0.497 e. The molecular formula is C20H22N2O3. The number of anilines is 2. The molecule has 5 heteroatoms. The molecule has 2 N–H and O–H groups in total. The van der Waals surface area contributed by atoms with Crippen molar-refractivity contribution in [3.63, 3.8) is 0 Å². The highest BCUT2D eigenvalue weighted by molar-refractivity contribution is 6.02. The second kappa shape index (κ2) is 8.68. The van der Waals surface area contributed by atoms with Crippen molar-refractivity contribution in [3.05, 3.63) is 60.2 Å². The van der Waals surface area contributed by atoms with Crippen LogP contribution in [0.1, 0.15) is 19.4 Å². The number of ether oxygens (including phenoxy) is 1. The first-order chi connectivity index (χ1) is 12.0. The zero-order valence-corrected chi connectivity index (χ0v) is 14.6. The molecule has 0 unspecified atom stereocenters. The summed E-state index contributed by atoms with van der Waals surface area (Å²) in [6.45, 7) is 3.66. The normalized spacial score (nSPS) is 10.7. The van der Waals surface area contributed by atoms with Gasteiger partial charge in [-0.1, -0.05) is 26.0 Å². The molecule has 2 rings (SSSR count). The number of methoxy groups -OCH3 is 1. The van der Waals surface area contributed by atoms with Gasteiger partial charge in [0.25, 0.3) is 0 Å². The molecule has 0 aliphatic rings. The third kappa shape index (κ3) is 5.80. The van der Waals surface area contributed by atoms with Crippen molar-refractivity contribution >= 4 is 29.3 Å². The smallest absolute Gasteiger partial charge is 0.248 e. The van der Waals surface area contributed by atoms with Crippen molar-refractivity contribution in [2.24, 2.45) is 5.92 Å². The van der Waals surface area contributed by atoms with Gasteiger partial charge in [-0.15, -0.1) is 0 Å². The van der Waals surface area contributed by atoms with Crippen LogP contribution in [0.2, 0.25) is 0 Å². The first-order valence-electron chi connectivity index (χ1n) is 8.02. The van der Waals surface area contributed by atoms with Gasteiger partial charge < -0.3 is 15.4 Å². The van der Waals surface area contributed by atoms with Crippen LogP contribution in [0.5, 0.6) is 5.75 Å². The van der Waals surface area contributed by atoms with Crippen LogP contribution in [-0.4, -0.2) is 18.9 Å². The summed E-state index contributed by atoms with van der Waals surface area (Å²) < 4.78 is 5.09. The first kappa shape index (κ1) is 18.3. The Kier molecular flexibility index (Phi) is 6.34.